The van der Waals surface area contributed by atoms with Crippen LogP contribution in [0.1, 0.15) is 25.8 Å². The Bertz CT molecular complexity index is 799. The van der Waals surface area contributed by atoms with Gasteiger partial charge >= 0.3 is 0 Å². The van der Waals surface area contributed by atoms with E-state index < -0.39 is 6.04 Å². The lowest BCUT2D eigenvalue weighted by atomic mass is 10.1. The molecule has 0 unspecified atom stereocenters. The lowest BCUT2D eigenvalue weighted by molar-refractivity contribution is -0.142. The van der Waals surface area contributed by atoms with Crippen molar-refractivity contribution >= 4 is 35.0 Å². The summed E-state index contributed by atoms with van der Waals surface area (Å²) in [4.78, 5) is 26.8. The fourth-order valence-electron chi connectivity index (χ4n) is 2.57. The van der Waals surface area contributed by atoms with Gasteiger partial charge in [-0.3, -0.25) is 9.59 Å². The smallest absolute Gasteiger partial charge is 0.261 e. The highest BCUT2D eigenvalue weighted by molar-refractivity contribution is 6.35. The molecule has 1 atom stereocenters. The second-order valence-electron chi connectivity index (χ2n) is 6.34. The highest BCUT2D eigenvalue weighted by Gasteiger charge is 2.26. The summed E-state index contributed by atoms with van der Waals surface area (Å²) >= 11 is 12.0. The van der Waals surface area contributed by atoms with Crippen LogP contribution in [0.25, 0.3) is 0 Å². The summed E-state index contributed by atoms with van der Waals surface area (Å²) in [5.41, 5.74) is 0.926. The second kappa shape index (κ2) is 10.9. The van der Waals surface area contributed by atoms with Crippen molar-refractivity contribution in [3.05, 3.63) is 64.1 Å². The number of nitrogens with zero attached hydrogens (tertiary/aromatic N) is 1. The van der Waals surface area contributed by atoms with Crippen LogP contribution in [0.4, 0.5) is 0 Å². The maximum atomic E-state index is 12.9. The number of amides is 2. The number of carbonyl (C=O) groups is 2. The number of nitrogens with one attached hydrogen (secondary N) is 1. The molecule has 2 amide bonds. The highest BCUT2D eigenvalue weighted by atomic mass is 35.5. The molecule has 2 rings (SSSR count). The van der Waals surface area contributed by atoms with Gasteiger partial charge in [-0.05, 0) is 37.1 Å². The molecular weight excluding hydrogens is 399 g/mol. The zero-order valence-corrected chi connectivity index (χ0v) is 17.5. The van der Waals surface area contributed by atoms with Gasteiger partial charge in [0, 0.05) is 18.1 Å². The summed E-state index contributed by atoms with van der Waals surface area (Å²) in [5, 5.41) is 3.64. The zero-order chi connectivity index (χ0) is 20.5. The van der Waals surface area contributed by atoms with Crippen molar-refractivity contribution in [2.75, 3.05) is 13.2 Å². The summed E-state index contributed by atoms with van der Waals surface area (Å²) in [6.45, 7) is 4.31. The molecule has 0 spiro atoms. The average Bonchev–Trinajstić information content (AvgIpc) is 2.69. The molecule has 0 aromatic heterocycles. The Balaban J connectivity index is 2.12. The van der Waals surface area contributed by atoms with E-state index in [0.29, 0.717) is 28.9 Å². The first kappa shape index (κ1) is 22.1. The predicted molar refractivity (Wildman–Crippen MR) is 112 cm³/mol. The molecule has 2 aromatic rings. The van der Waals surface area contributed by atoms with Crippen LogP contribution in [0.3, 0.4) is 0 Å². The molecule has 5 nitrogen and oxygen atoms in total. The third-order valence-corrected chi connectivity index (χ3v) is 4.69. The monoisotopic (exact) mass is 422 g/mol. The van der Waals surface area contributed by atoms with Crippen molar-refractivity contribution in [3.63, 3.8) is 0 Å². The first-order valence-corrected chi connectivity index (χ1v) is 9.87. The van der Waals surface area contributed by atoms with E-state index in [9.17, 15) is 9.59 Å². The molecule has 0 heterocycles. The number of hydrogen-bond donors (Lipinski definition) is 1. The van der Waals surface area contributed by atoms with Gasteiger partial charge in [0.25, 0.3) is 5.91 Å². The molecule has 7 heteroatoms. The SMILES string of the molecule is CCCNC(=O)[C@H](C)N(Cc1ccccc1)C(=O)COc1ccc(Cl)cc1Cl. The summed E-state index contributed by atoms with van der Waals surface area (Å²) in [6.07, 6.45) is 0.823. The molecule has 28 heavy (non-hydrogen) atoms. The molecule has 1 N–H and O–H groups in total. The van der Waals surface area contributed by atoms with Crippen molar-refractivity contribution in [2.24, 2.45) is 0 Å². The highest BCUT2D eigenvalue weighted by Crippen LogP contribution is 2.27. The standard InChI is InChI=1S/C21H24Cl2N2O3/c1-3-11-24-21(27)15(2)25(13-16-7-5-4-6-8-16)20(26)14-28-19-10-9-17(22)12-18(19)23/h4-10,12,15H,3,11,13-14H2,1-2H3,(H,24,27)/t15-/m0/s1. The van der Waals surface area contributed by atoms with Gasteiger partial charge < -0.3 is 15.0 Å². The Morgan fingerprint density at radius 1 is 1.14 bits per heavy atom. The second-order valence-corrected chi connectivity index (χ2v) is 7.18. The molecule has 0 aliphatic heterocycles. The normalized spacial score (nSPS) is 11.6. The van der Waals surface area contributed by atoms with Gasteiger partial charge in [0.1, 0.15) is 11.8 Å². The van der Waals surface area contributed by atoms with E-state index in [-0.39, 0.29) is 18.4 Å². The van der Waals surface area contributed by atoms with Crippen LogP contribution in [0.5, 0.6) is 5.75 Å². The Hall–Kier alpha value is -2.24. The maximum absolute atomic E-state index is 12.9. The van der Waals surface area contributed by atoms with Crippen molar-refractivity contribution in [3.8, 4) is 5.75 Å². The first-order valence-electron chi connectivity index (χ1n) is 9.11. The van der Waals surface area contributed by atoms with Crippen LogP contribution in [0, 0.1) is 0 Å². The summed E-state index contributed by atoms with van der Waals surface area (Å²) in [7, 11) is 0. The lowest BCUT2D eigenvalue weighted by Crippen LogP contribution is -2.49. The van der Waals surface area contributed by atoms with Crippen LogP contribution >= 0.6 is 23.2 Å². The predicted octanol–water partition coefficient (Wildman–Crippen LogP) is 4.32. The molecule has 0 saturated carbocycles. The van der Waals surface area contributed by atoms with E-state index in [1.807, 2.05) is 37.3 Å². The van der Waals surface area contributed by atoms with Crippen LogP contribution in [-0.2, 0) is 16.1 Å². The molecule has 0 bridgehead atoms. The number of benzene rings is 2. The molecule has 0 aliphatic rings. The lowest BCUT2D eigenvalue weighted by Gasteiger charge is -2.28. The Kier molecular flexibility index (Phi) is 8.61. The van der Waals surface area contributed by atoms with Gasteiger partial charge in [0.15, 0.2) is 6.61 Å². The maximum Gasteiger partial charge on any atom is 0.261 e. The minimum Gasteiger partial charge on any atom is -0.482 e. The van der Waals surface area contributed by atoms with Crippen molar-refractivity contribution in [1.82, 2.24) is 10.2 Å². The fourth-order valence-corrected chi connectivity index (χ4v) is 3.04. The Labute approximate surface area is 175 Å². The van der Waals surface area contributed by atoms with Crippen LogP contribution in [0.2, 0.25) is 10.0 Å². The van der Waals surface area contributed by atoms with Gasteiger partial charge in [-0.1, -0.05) is 60.5 Å². The number of hydrogen-bond acceptors (Lipinski definition) is 3. The third-order valence-electron chi connectivity index (χ3n) is 4.16. The quantitative estimate of drug-likeness (QED) is 0.654. The van der Waals surface area contributed by atoms with Crippen molar-refractivity contribution < 1.29 is 14.3 Å². The van der Waals surface area contributed by atoms with E-state index in [2.05, 4.69) is 5.32 Å². The number of carbonyl (C=O) groups excluding carboxylic acids is 2. The Morgan fingerprint density at radius 3 is 2.50 bits per heavy atom. The number of halogens is 2. The van der Waals surface area contributed by atoms with Crippen molar-refractivity contribution in [1.29, 1.82) is 0 Å². The van der Waals surface area contributed by atoms with Crippen LogP contribution in [0.15, 0.2) is 48.5 Å². The molecule has 0 saturated heterocycles. The van der Waals surface area contributed by atoms with Gasteiger partial charge in [0.05, 0.1) is 5.02 Å². The molecule has 0 radical (unpaired) electrons. The molecule has 150 valence electrons. The number of rotatable bonds is 9. The number of ether oxygens (including phenoxy) is 1. The molecule has 2 aromatic carbocycles. The zero-order valence-electron chi connectivity index (χ0n) is 16.0. The molecule has 0 aliphatic carbocycles. The average molecular weight is 423 g/mol. The van der Waals surface area contributed by atoms with Crippen LogP contribution in [-0.4, -0.2) is 35.9 Å². The largest absolute Gasteiger partial charge is 0.482 e. The van der Waals surface area contributed by atoms with Gasteiger partial charge in [-0.2, -0.15) is 0 Å². The van der Waals surface area contributed by atoms with E-state index in [1.165, 1.54) is 4.90 Å². The van der Waals surface area contributed by atoms with E-state index in [1.54, 1.807) is 25.1 Å². The summed E-state index contributed by atoms with van der Waals surface area (Å²) < 4.78 is 5.57. The first-order chi connectivity index (χ1) is 13.4. The van der Waals surface area contributed by atoms with Gasteiger partial charge in [0.2, 0.25) is 5.91 Å². The minimum atomic E-state index is -0.636. The van der Waals surface area contributed by atoms with Crippen LogP contribution < -0.4 is 10.1 Å². The summed E-state index contributed by atoms with van der Waals surface area (Å²) in [6, 6.07) is 13.7. The molecular formula is C21H24Cl2N2O3. The molecule has 0 fully saturated rings. The van der Waals surface area contributed by atoms with Crippen molar-refractivity contribution in [2.45, 2.75) is 32.9 Å². The van der Waals surface area contributed by atoms with E-state index >= 15 is 0 Å². The summed E-state index contributed by atoms with van der Waals surface area (Å²) in [5.74, 6) is -0.146. The topological polar surface area (TPSA) is 58.6 Å². The van der Waals surface area contributed by atoms with E-state index in [0.717, 1.165) is 12.0 Å². The van der Waals surface area contributed by atoms with E-state index in [4.69, 9.17) is 27.9 Å². The minimum absolute atomic E-state index is 0.198. The Morgan fingerprint density at radius 2 is 1.86 bits per heavy atom. The van der Waals surface area contributed by atoms with Gasteiger partial charge in [-0.15, -0.1) is 0 Å². The fraction of sp³-hybridized carbons (Fsp3) is 0.333. The van der Waals surface area contributed by atoms with Gasteiger partial charge in [-0.25, -0.2) is 0 Å². The third kappa shape index (κ3) is 6.43.